The van der Waals surface area contributed by atoms with E-state index < -0.39 is 0 Å². The Morgan fingerprint density at radius 2 is 2.33 bits per heavy atom. The second-order valence-corrected chi connectivity index (χ2v) is 4.33. The third-order valence-electron chi connectivity index (χ3n) is 2.40. The molecule has 4 heteroatoms. The van der Waals surface area contributed by atoms with Gasteiger partial charge in [0, 0.05) is 12.6 Å². The summed E-state index contributed by atoms with van der Waals surface area (Å²) in [5, 5.41) is 2.96. The molecule has 15 heavy (non-hydrogen) atoms. The smallest absolute Gasteiger partial charge is 0.246 e. The quantitative estimate of drug-likeness (QED) is 0.763. The molecule has 1 amide bonds. The maximum atomic E-state index is 11.4. The zero-order valence-electron chi connectivity index (χ0n) is 9.79. The van der Waals surface area contributed by atoms with E-state index in [0.29, 0.717) is 0 Å². The molecule has 4 nitrogen and oxygen atoms in total. The molecule has 1 rings (SSSR count). The highest BCUT2D eigenvalue weighted by molar-refractivity contribution is 5.77. The minimum Gasteiger partial charge on any atom is -0.378 e. The Balaban J connectivity index is 2.19. The van der Waals surface area contributed by atoms with Gasteiger partial charge in [-0.3, -0.25) is 4.79 Å². The first-order valence-electron chi connectivity index (χ1n) is 5.60. The Bertz CT molecular complexity index is 206. The molecule has 0 bridgehead atoms. The van der Waals surface area contributed by atoms with E-state index in [1.165, 1.54) is 0 Å². The molecule has 2 unspecified atom stereocenters. The number of carbonyl (C=O) groups excluding carboxylic acids is 1. The largest absolute Gasteiger partial charge is 0.378 e. The van der Waals surface area contributed by atoms with Crippen molar-refractivity contribution in [2.24, 2.45) is 0 Å². The van der Waals surface area contributed by atoms with Gasteiger partial charge >= 0.3 is 0 Å². The van der Waals surface area contributed by atoms with E-state index in [1.807, 2.05) is 20.8 Å². The van der Waals surface area contributed by atoms with Gasteiger partial charge in [0.25, 0.3) is 0 Å². The Morgan fingerprint density at radius 3 is 2.93 bits per heavy atom. The average Bonchev–Trinajstić information content (AvgIpc) is 2.15. The summed E-state index contributed by atoms with van der Waals surface area (Å²) in [6, 6.07) is 0.247. The number of nitrogens with one attached hydrogen (secondary N) is 1. The van der Waals surface area contributed by atoms with Gasteiger partial charge in [0.2, 0.25) is 5.91 Å². The van der Waals surface area contributed by atoms with Crippen molar-refractivity contribution in [3.63, 3.8) is 0 Å². The molecule has 0 spiro atoms. The van der Waals surface area contributed by atoms with E-state index in [0.717, 1.165) is 19.4 Å². The molecule has 2 atom stereocenters. The maximum Gasteiger partial charge on any atom is 0.246 e. The van der Waals surface area contributed by atoms with Gasteiger partial charge in [0.05, 0.1) is 12.2 Å². The molecule has 1 saturated heterocycles. The van der Waals surface area contributed by atoms with Crippen LogP contribution in [0.3, 0.4) is 0 Å². The van der Waals surface area contributed by atoms with E-state index in [1.54, 1.807) is 0 Å². The molecular weight excluding hydrogens is 194 g/mol. The third kappa shape index (κ3) is 5.14. The van der Waals surface area contributed by atoms with Gasteiger partial charge in [-0.15, -0.1) is 0 Å². The van der Waals surface area contributed by atoms with Crippen LogP contribution in [0.15, 0.2) is 0 Å². The molecule has 1 fully saturated rings. The van der Waals surface area contributed by atoms with Crippen LogP contribution in [0.5, 0.6) is 0 Å². The number of amides is 1. The fourth-order valence-corrected chi connectivity index (χ4v) is 1.64. The molecule has 1 aliphatic rings. The minimum absolute atomic E-state index is 0.0252. The highest BCUT2D eigenvalue weighted by atomic mass is 16.5. The van der Waals surface area contributed by atoms with E-state index in [4.69, 9.17) is 9.47 Å². The summed E-state index contributed by atoms with van der Waals surface area (Å²) >= 11 is 0. The van der Waals surface area contributed by atoms with Crippen LogP contribution in [0.25, 0.3) is 0 Å². The predicted molar refractivity (Wildman–Crippen MR) is 57.7 cm³/mol. The second-order valence-electron chi connectivity index (χ2n) is 4.33. The van der Waals surface area contributed by atoms with Crippen molar-refractivity contribution < 1.29 is 14.3 Å². The predicted octanol–water partition coefficient (Wildman–Crippen LogP) is 1.10. The molecule has 1 aliphatic heterocycles. The van der Waals surface area contributed by atoms with Gasteiger partial charge in [0.1, 0.15) is 6.61 Å². The van der Waals surface area contributed by atoms with Crippen molar-refractivity contribution in [1.29, 1.82) is 0 Å². The molecule has 0 aromatic rings. The fraction of sp³-hybridized carbons (Fsp3) is 0.909. The first-order chi connectivity index (χ1) is 7.08. The van der Waals surface area contributed by atoms with Crippen LogP contribution < -0.4 is 5.32 Å². The van der Waals surface area contributed by atoms with Gasteiger partial charge in [-0.1, -0.05) is 0 Å². The summed E-state index contributed by atoms with van der Waals surface area (Å²) in [7, 11) is 0. The molecule has 0 aromatic carbocycles. The summed E-state index contributed by atoms with van der Waals surface area (Å²) in [5.41, 5.74) is 0. The van der Waals surface area contributed by atoms with Gasteiger partial charge in [-0.25, -0.2) is 0 Å². The third-order valence-corrected chi connectivity index (χ3v) is 2.40. The van der Waals surface area contributed by atoms with Gasteiger partial charge in [0.15, 0.2) is 0 Å². The van der Waals surface area contributed by atoms with Crippen molar-refractivity contribution in [3.05, 3.63) is 0 Å². The normalized spacial score (nSPS) is 26.7. The molecule has 0 radical (unpaired) electrons. The van der Waals surface area contributed by atoms with Crippen LogP contribution in [0.2, 0.25) is 0 Å². The topological polar surface area (TPSA) is 47.6 Å². The van der Waals surface area contributed by atoms with E-state index in [2.05, 4.69) is 5.32 Å². The van der Waals surface area contributed by atoms with Crippen molar-refractivity contribution in [3.8, 4) is 0 Å². The van der Waals surface area contributed by atoms with Crippen molar-refractivity contribution >= 4 is 5.91 Å². The van der Waals surface area contributed by atoms with E-state index >= 15 is 0 Å². The van der Waals surface area contributed by atoms with Crippen LogP contribution in [0, 0.1) is 0 Å². The summed E-state index contributed by atoms with van der Waals surface area (Å²) in [5.74, 6) is -0.0252. The minimum atomic E-state index is -0.0252. The summed E-state index contributed by atoms with van der Waals surface area (Å²) in [6.07, 6.45) is 2.14. The molecule has 0 aromatic heterocycles. The lowest BCUT2D eigenvalue weighted by molar-refractivity contribution is -0.128. The van der Waals surface area contributed by atoms with Crippen LogP contribution in [0.1, 0.15) is 33.6 Å². The van der Waals surface area contributed by atoms with Gasteiger partial charge in [-0.2, -0.15) is 0 Å². The molecular formula is C11H21NO3. The molecule has 0 aliphatic carbocycles. The second kappa shape index (κ2) is 6.08. The van der Waals surface area contributed by atoms with Gasteiger partial charge < -0.3 is 14.8 Å². The number of hydrogen-bond donors (Lipinski definition) is 1. The van der Waals surface area contributed by atoms with Crippen LogP contribution in [-0.4, -0.2) is 37.4 Å². The average molecular weight is 215 g/mol. The molecule has 0 saturated carbocycles. The lowest BCUT2D eigenvalue weighted by Crippen LogP contribution is -2.42. The maximum absolute atomic E-state index is 11.4. The lowest BCUT2D eigenvalue weighted by Gasteiger charge is -2.27. The SMILES string of the molecule is CC(C)OCC(=O)NC1CCOC(C)C1. The number of carbonyl (C=O) groups is 1. The number of rotatable bonds is 4. The van der Waals surface area contributed by atoms with Crippen molar-refractivity contribution in [2.75, 3.05) is 13.2 Å². The van der Waals surface area contributed by atoms with Crippen LogP contribution in [0.4, 0.5) is 0 Å². The molecule has 88 valence electrons. The van der Waals surface area contributed by atoms with E-state index in [9.17, 15) is 4.79 Å². The highest BCUT2D eigenvalue weighted by Crippen LogP contribution is 2.12. The number of hydrogen-bond acceptors (Lipinski definition) is 3. The van der Waals surface area contributed by atoms with Crippen molar-refractivity contribution in [2.45, 2.75) is 51.9 Å². The fourth-order valence-electron chi connectivity index (χ4n) is 1.64. The van der Waals surface area contributed by atoms with Gasteiger partial charge in [-0.05, 0) is 33.6 Å². The zero-order valence-corrected chi connectivity index (χ0v) is 9.79. The molecule has 1 heterocycles. The Morgan fingerprint density at radius 1 is 1.60 bits per heavy atom. The first kappa shape index (κ1) is 12.5. The first-order valence-corrected chi connectivity index (χ1v) is 5.60. The molecule has 1 N–H and O–H groups in total. The van der Waals surface area contributed by atoms with E-state index in [-0.39, 0.29) is 30.8 Å². The lowest BCUT2D eigenvalue weighted by atomic mass is 10.0. The monoisotopic (exact) mass is 215 g/mol. The standard InChI is InChI=1S/C11H21NO3/c1-8(2)15-7-11(13)12-10-4-5-14-9(3)6-10/h8-10H,4-7H2,1-3H3,(H,12,13). The zero-order chi connectivity index (χ0) is 11.3. The van der Waals surface area contributed by atoms with Crippen molar-refractivity contribution in [1.82, 2.24) is 5.32 Å². The summed E-state index contributed by atoms with van der Waals surface area (Å²) in [4.78, 5) is 11.4. The summed E-state index contributed by atoms with van der Waals surface area (Å²) in [6.45, 7) is 6.76. The number of ether oxygens (including phenoxy) is 2. The Labute approximate surface area is 91.3 Å². The van der Waals surface area contributed by atoms with Crippen LogP contribution in [-0.2, 0) is 14.3 Å². The highest BCUT2D eigenvalue weighted by Gasteiger charge is 2.20. The van der Waals surface area contributed by atoms with Crippen LogP contribution >= 0.6 is 0 Å². The summed E-state index contributed by atoms with van der Waals surface area (Å²) < 4.78 is 10.6. The Kier molecular flexibility index (Phi) is 5.05. The Hall–Kier alpha value is -0.610.